The average molecular weight is 295 g/mol. The van der Waals surface area contributed by atoms with Gasteiger partial charge in [-0.1, -0.05) is 0 Å². The van der Waals surface area contributed by atoms with Gasteiger partial charge in [-0.05, 0) is 51.0 Å². The van der Waals surface area contributed by atoms with Crippen LogP contribution in [0.2, 0.25) is 0 Å². The van der Waals surface area contributed by atoms with E-state index in [2.05, 4.69) is 5.32 Å². The first-order chi connectivity index (χ1) is 9.21. The molecule has 0 spiro atoms. The summed E-state index contributed by atoms with van der Waals surface area (Å²) in [5.74, 6) is -0.197. The molecule has 0 aliphatic carbocycles. The molecule has 0 atom stereocenters. The van der Waals surface area contributed by atoms with E-state index in [-0.39, 0.29) is 18.0 Å². The van der Waals surface area contributed by atoms with Crippen molar-refractivity contribution in [3.8, 4) is 0 Å². The summed E-state index contributed by atoms with van der Waals surface area (Å²) in [5, 5.41) is 3.24. The third-order valence-electron chi connectivity index (χ3n) is 3.67. The Balaban J connectivity index is 2.06. The van der Waals surface area contributed by atoms with E-state index < -0.39 is 14.6 Å². The highest BCUT2D eigenvalue weighted by Crippen LogP contribution is 2.24. The maximum atomic E-state index is 12.1. The maximum absolute atomic E-state index is 12.1. The van der Waals surface area contributed by atoms with Crippen LogP contribution < -0.4 is 5.32 Å². The number of carbonyl (C=O) groups excluding carboxylic acids is 1. The summed E-state index contributed by atoms with van der Waals surface area (Å²) in [7, 11) is -3.25. The fourth-order valence-corrected chi connectivity index (χ4v) is 3.22. The summed E-state index contributed by atoms with van der Waals surface area (Å²) in [4.78, 5) is 12.1. The van der Waals surface area contributed by atoms with Gasteiger partial charge in [0.15, 0.2) is 15.6 Å². The van der Waals surface area contributed by atoms with Crippen molar-refractivity contribution < 1.29 is 13.2 Å². The van der Waals surface area contributed by atoms with Gasteiger partial charge in [0.1, 0.15) is 0 Å². The van der Waals surface area contributed by atoms with Gasteiger partial charge in [-0.3, -0.25) is 4.79 Å². The molecule has 110 valence electrons. The summed E-state index contributed by atoms with van der Waals surface area (Å²) in [6.07, 6.45) is 0.961. The lowest BCUT2D eigenvalue weighted by molar-refractivity contribution is 0.0988. The number of rotatable bonds is 4. The second kappa shape index (κ2) is 5.20. The number of hydrogen-bond acceptors (Lipinski definition) is 4. The Bertz CT molecular complexity index is 627. The van der Waals surface area contributed by atoms with Crippen molar-refractivity contribution in [2.24, 2.45) is 0 Å². The molecule has 0 unspecified atom stereocenters. The Kier molecular flexibility index (Phi) is 3.91. The van der Waals surface area contributed by atoms with Crippen LogP contribution in [0.25, 0.3) is 0 Å². The number of benzene rings is 1. The number of sulfone groups is 1. The Morgan fingerprint density at radius 1 is 1.30 bits per heavy atom. The first kappa shape index (κ1) is 15.0. The molecule has 0 saturated carbocycles. The Morgan fingerprint density at radius 2 is 2.00 bits per heavy atom. The number of nitrogens with one attached hydrogen (secondary N) is 1. The Labute approximate surface area is 120 Å². The molecule has 0 bridgehead atoms. The minimum absolute atomic E-state index is 0.0474. The van der Waals surface area contributed by atoms with E-state index in [0.717, 1.165) is 24.2 Å². The number of anilines is 1. The van der Waals surface area contributed by atoms with E-state index in [1.165, 1.54) is 0 Å². The summed E-state index contributed by atoms with van der Waals surface area (Å²) in [5.41, 5.74) is 2.81. The van der Waals surface area contributed by atoms with Crippen LogP contribution in [0.4, 0.5) is 5.69 Å². The molecular formula is C15H21NO3S. The molecule has 0 amide bonds. The molecule has 1 heterocycles. The third-order valence-corrected chi connectivity index (χ3v) is 6.28. The second-order valence-corrected chi connectivity index (χ2v) is 9.02. The number of Topliss-reactive ketones (excluding diaryl/α,β-unsaturated/α-hetero) is 1. The van der Waals surface area contributed by atoms with Crippen molar-refractivity contribution >= 4 is 21.3 Å². The van der Waals surface area contributed by atoms with Gasteiger partial charge in [0.25, 0.3) is 0 Å². The Hall–Kier alpha value is -1.36. The molecule has 1 aliphatic rings. The minimum Gasteiger partial charge on any atom is -0.384 e. The summed E-state index contributed by atoms with van der Waals surface area (Å²) >= 11 is 0. The van der Waals surface area contributed by atoms with E-state index >= 15 is 0 Å². The van der Waals surface area contributed by atoms with Crippen LogP contribution in [0.3, 0.4) is 0 Å². The number of hydrogen-bond donors (Lipinski definition) is 1. The summed E-state index contributed by atoms with van der Waals surface area (Å²) in [6.45, 7) is 5.88. The van der Waals surface area contributed by atoms with Gasteiger partial charge in [0.05, 0.1) is 10.5 Å². The third kappa shape index (κ3) is 3.03. The summed E-state index contributed by atoms with van der Waals surface area (Å²) < 4.78 is 23.2. The zero-order chi connectivity index (χ0) is 15.0. The lowest BCUT2D eigenvalue weighted by Crippen LogP contribution is -2.31. The predicted octanol–water partition coefficient (Wildman–Crippen LogP) is 2.44. The van der Waals surface area contributed by atoms with Gasteiger partial charge >= 0.3 is 0 Å². The highest BCUT2D eigenvalue weighted by molar-refractivity contribution is 7.92. The van der Waals surface area contributed by atoms with Crippen LogP contribution in [-0.4, -0.2) is 31.2 Å². The lowest BCUT2D eigenvalue weighted by atomic mass is 10.0. The lowest BCUT2D eigenvalue weighted by Gasteiger charge is -2.18. The predicted molar refractivity (Wildman–Crippen MR) is 81.1 cm³/mol. The number of carbonyl (C=O) groups is 1. The highest BCUT2D eigenvalue weighted by Gasteiger charge is 2.29. The second-order valence-electron chi connectivity index (χ2n) is 6.15. The van der Waals surface area contributed by atoms with Crippen LogP contribution >= 0.6 is 0 Å². The van der Waals surface area contributed by atoms with Crippen LogP contribution in [0.5, 0.6) is 0 Å². The Morgan fingerprint density at radius 3 is 2.65 bits per heavy atom. The van der Waals surface area contributed by atoms with Crippen molar-refractivity contribution in [1.82, 2.24) is 0 Å². The zero-order valence-electron chi connectivity index (χ0n) is 12.2. The van der Waals surface area contributed by atoms with E-state index in [4.69, 9.17) is 0 Å². The molecule has 0 fully saturated rings. The number of fused-ring (bicyclic) bond motifs is 1. The minimum atomic E-state index is -3.25. The molecule has 0 radical (unpaired) electrons. The molecule has 1 N–H and O–H groups in total. The molecule has 0 aromatic heterocycles. The SMILES string of the molecule is CC(C)(C)S(=O)(=O)CCC(=O)c1ccc2c(c1)CCN2. The van der Waals surface area contributed by atoms with Crippen molar-refractivity contribution in [1.29, 1.82) is 0 Å². The number of ketones is 1. The van der Waals surface area contributed by atoms with Crippen LogP contribution in [0.15, 0.2) is 18.2 Å². The molecule has 1 aliphatic heterocycles. The van der Waals surface area contributed by atoms with E-state index in [1.807, 2.05) is 12.1 Å². The topological polar surface area (TPSA) is 63.2 Å². The first-order valence-corrected chi connectivity index (χ1v) is 8.48. The zero-order valence-corrected chi connectivity index (χ0v) is 13.0. The van der Waals surface area contributed by atoms with Crippen molar-refractivity contribution in [3.05, 3.63) is 29.3 Å². The van der Waals surface area contributed by atoms with E-state index in [1.54, 1.807) is 26.8 Å². The molecule has 4 nitrogen and oxygen atoms in total. The van der Waals surface area contributed by atoms with Crippen LogP contribution in [0, 0.1) is 0 Å². The molecular weight excluding hydrogens is 274 g/mol. The molecule has 0 saturated heterocycles. The first-order valence-electron chi connectivity index (χ1n) is 6.83. The van der Waals surface area contributed by atoms with E-state index in [0.29, 0.717) is 5.56 Å². The molecule has 1 aromatic rings. The van der Waals surface area contributed by atoms with Crippen molar-refractivity contribution in [2.75, 3.05) is 17.6 Å². The highest BCUT2D eigenvalue weighted by atomic mass is 32.2. The molecule has 20 heavy (non-hydrogen) atoms. The largest absolute Gasteiger partial charge is 0.384 e. The molecule has 1 aromatic carbocycles. The maximum Gasteiger partial charge on any atom is 0.163 e. The summed E-state index contributed by atoms with van der Waals surface area (Å²) in [6, 6.07) is 5.54. The standard InChI is InChI=1S/C15H21NO3S/c1-15(2,3)20(18,19)9-7-14(17)12-4-5-13-11(10-12)6-8-16-13/h4-5,10,16H,6-9H2,1-3H3. The van der Waals surface area contributed by atoms with E-state index in [9.17, 15) is 13.2 Å². The fourth-order valence-electron chi connectivity index (χ4n) is 2.16. The van der Waals surface area contributed by atoms with Gasteiger partial charge in [-0.15, -0.1) is 0 Å². The smallest absolute Gasteiger partial charge is 0.163 e. The molecule has 2 rings (SSSR count). The monoisotopic (exact) mass is 295 g/mol. The van der Waals surface area contributed by atoms with Crippen molar-refractivity contribution in [3.63, 3.8) is 0 Å². The average Bonchev–Trinajstić information content (AvgIpc) is 2.81. The van der Waals surface area contributed by atoms with Crippen molar-refractivity contribution in [2.45, 2.75) is 38.4 Å². The van der Waals surface area contributed by atoms with Crippen LogP contribution in [-0.2, 0) is 16.3 Å². The normalized spacial score (nSPS) is 14.8. The quantitative estimate of drug-likeness (QED) is 0.867. The van der Waals surface area contributed by atoms with Crippen LogP contribution in [0.1, 0.15) is 43.1 Å². The molecule has 5 heteroatoms. The van der Waals surface area contributed by atoms with Gasteiger partial charge in [-0.2, -0.15) is 0 Å². The van der Waals surface area contributed by atoms with Gasteiger partial charge in [0, 0.05) is 24.2 Å². The van der Waals surface area contributed by atoms with Gasteiger partial charge in [-0.25, -0.2) is 8.42 Å². The van der Waals surface area contributed by atoms with Gasteiger partial charge in [0.2, 0.25) is 0 Å². The van der Waals surface area contributed by atoms with Gasteiger partial charge < -0.3 is 5.32 Å². The fraction of sp³-hybridized carbons (Fsp3) is 0.533.